The van der Waals surface area contributed by atoms with Crippen LogP contribution in [-0.4, -0.2) is 6.26 Å². The van der Waals surface area contributed by atoms with Crippen LogP contribution in [0.5, 0.6) is 0 Å². The predicted molar refractivity (Wildman–Crippen MR) is 97.7 cm³/mol. The van der Waals surface area contributed by atoms with Crippen LogP contribution >= 0.6 is 27.7 Å². The lowest BCUT2D eigenvalue weighted by molar-refractivity contribution is 1.15. The number of fused-ring (bicyclic) bond motifs is 1. The number of hydrogen-bond donors (Lipinski definition) is 0. The minimum absolute atomic E-state index is 0.222. The van der Waals surface area contributed by atoms with Gasteiger partial charge in [0.15, 0.2) is 0 Å². The molecule has 0 N–H and O–H groups in total. The maximum atomic E-state index is 3.91. The summed E-state index contributed by atoms with van der Waals surface area (Å²) in [6, 6.07) is 21.8. The van der Waals surface area contributed by atoms with E-state index in [1.165, 1.54) is 32.4 Å². The Morgan fingerprint density at radius 2 is 1.62 bits per heavy atom. The molecular formula is C19H17BrS. The second kappa shape index (κ2) is 6.25. The van der Waals surface area contributed by atoms with Gasteiger partial charge in [0.2, 0.25) is 0 Å². The first kappa shape index (κ1) is 14.7. The van der Waals surface area contributed by atoms with E-state index in [2.05, 4.69) is 89.8 Å². The Kier molecular flexibility index (Phi) is 4.37. The average Bonchev–Trinajstić information content (AvgIpc) is 2.54. The Hall–Kier alpha value is -1.25. The van der Waals surface area contributed by atoms with E-state index in [4.69, 9.17) is 0 Å². The molecule has 0 bridgehead atoms. The van der Waals surface area contributed by atoms with Gasteiger partial charge < -0.3 is 0 Å². The SMILES string of the molecule is CSc1ccc(C(Br)c2c(C)ccc3ccccc23)cc1. The van der Waals surface area contributed by atoms with Crippen LogP contribution in [0, 0.1) is 6.92 Å². The van der Waals surface area contributed by atoms with Gasteiger partial charge in [-0.25, -0.2) is 0 Å². The van der Waals surface area contributed by atoms with E-state index < -0.39 is 0 Å². The summed E-state index contributed by atoms with van der Waals surface area (Å²) in [6.45, 7) is 2.19. The summed E-state index contributed by atoms with van der Waals surface area (Å²) in [5, 5.41) is 2.62. The van der Waals surface area contributed by atoms with Crippen molar-refractivity contribution in [2.75, 3.05) is 6.26 Å². The van der Waals surface area contributed by atoms with Crippen LogP contribution in [0.4, 0.5) is 0 Å². The van der Waals surface area contributed by atoms with Gasteiger partial charge in [-0.2, -0.15) is 0 Å². The Balaban J connectivity index is 2.12. The highest BCUT2D eigenvalue weighted by Crippen LogP contribution is 2.37. The van der Waals surface area contributed by atoms with Crippen LogP contribution < -0.4 is 0 Å². The Bertz CT molecular complexity index is 762. The summed E-state index contributed by atoms with van der Waals surface area (Å²) >= 11 is 5.68. The highest BCUT2D eigenvalue weighted by Gasteiger charge is 2.15. The molecule has 0 fully saturated rings. The zero-order chi connectivity index (χ0) is 14.8. The fourth-order valence-corrected chi connectivity index (χ4v) is 4.00. The molecule has 2 heteroatoms. The highest BCUT2D eigenvalue weighted by molar-refractivity contribution is 9.09. The molecule has 0 spiro atoms. The molecular weight excluding hydrogens is 340 g/mol. The summed E-state index contributed by atoms with van der Waals surface area (Å²) < 4.78 is 0. The standard InChI is InChI=1S/C19H17BrS/c1-13-7-8-14-5-3-4-6-17(14)18(13)19(20)15-9-11-16(21-2)12-10-15/h3-12,19H,1-2H3. The van der Waals surface area contributed by atoms with Crippen molar-refractivity contribution in [1.29, 1.82) is 0 Å². The number of benzene rings is 3. The summed E-state index contributed by atoms with van der Waals surface area (Å²) in [6.07, 6.45) is 2.11. The molecule has 3 rings (SSSR count). The third-order valence-electron chi connectivity index (χ3n) is 3.85. The number of alkyl halides is 1. The van der Waals surface area contributed by atoms with Gasteiger partial charge in [0, 0.05) is 4.90 Å². The second-order valence-electron chi connectivity index (χ2n) is 5.15. The fourth-order valence-electron chi connectivity index (χ4n) is 2.68. The van der Waals surface area contributed by atoms with Crippen LogP contribution in [0.3, 0.4) is 0 Å². The molecule has 3 aromatic carbocycles. The summed E-state index contributed by atoms with van der Waals surface area (Å²) in [5.41, 5.74) is 3.99. The normalized spacial score (nSPS) is 12.5. The van der Waals surface area contributed by atoms with Crippen LogP contribution in [-0.2, 0) is 0 Å². The fraction of sp³-hybridized carbons (Fsp3) is 0.158. The molecule has 0 aliphatic rings. The third-order valence-corrected chi connectivity index (χ3v) is 5.58. The maximum absolute atomic E-state index is 3.91. The van der Waals surface area contributed by atoms with Gasteiger partial charge in [0.25, 0.3) is 0 Å². The molecule has 0 saturated carbocycles. The highest BCUT2D eigenvalue weighted by atomic mass is 79.9. The van der Waals surface area contributed by atoms with Crippen molar-refractivity contribution in [3.05, 3.63) is 77.4 Å². The summed E-state index contributed by atoms with van der Waals surface area (Å²) in [5.74, 6) is 0. The molecule has 0 nitrogen and oxygen atoms in total. The monoisotopic (exact) mass is 356 g/mol. The zero-order valence-corrected chi connectivity index (χ0v) is 14.5. The quantitative estimate of drug-likeness (QED) is 0.388. The van der Waals surface area contributed by atoms with Crippen molar-refractivity contribution in [2.45, 2.75) is 16.6 Å². The predicted octanol–water partition coefficient (Wildman–Crippen LogP) is 6.35. The van der Waals surface area contributed by atoms with Gasteiger partial charge in [-0.3, -0.25) is 0 Å². The first-order valence-electron chi connectivity index (χ1n) is 6.97. The molecule has 1 atom stereocenters. The van der Waals surface area contributed by atoms with E-state index >= 15 is 0 Å². The molecule has 0 amide bonds. The van der Waals surface area contributed by atoms with E-state index in [-0.39, 0.29) is 4.83 Å². The van der Waals surface area contributed by atoms with Crippen LogP contribution in [0.1, 0.15) is 21.5 Å². The summed E-state index contributed by atoms with van der Waals surface area (Å²) in [4.78, 5) is 1.52. The average molecular weight is 357 g/mol. The van der Waals surface area contributed by atoms with Crippen molar-refractivity contribution in [2.24, 2.45) is 0 Å². The lowest BCUT2D eigenvalue weighted by Gasteiger charge is -2.17. The van der Waals surface area contributed by atoms with E-state index in [0.29, 0.717) is 0 Å². The lowest BCUT2D eigenvalue weighted by atomic mass is 9.94. The molecule has 0 aliphatic heterocycles. The molecule has 1 unspecified atom stereocenters. The van der Waals surface area contributed by atoms with Gasteiger partial charge >= 0.3 is 0 Å². The molecule has 0 aliphatic carbocycles. The molecule has 0 saturated heterocycles. The van der Waals surface area contributed by atoms with Crippen LogP contribution in [0.2, 0.25) is 0 Å². The second-order valence-corrected chi connectivity index (χ2v) is 6.95. The number of aryl methyl sites for hydroxylation is 1. The van der Waals surface area contributed by atoms with Gasteiger partial charge in [0.05, 0.1) is 4.83 Å². The Labute approximate surface area is 138 Å². The third kappa shape index (κ3) is 2.88. The van der Waals surface area contributed by atoms with Gasteiger partial charge in [0.1, 0.15) is 0 Å². The number of thioether (sulfide) groups is 1. The van der Waals surface area contributed by atoms with E-state index in [1.807, 2.05) is 0 Å². The number of rotatable bonds is 3. The van der Waals surface area contributed by atoms with E-state index in [0.717, 1.165) is 0 Å². The topological polar surface area (TPSA) is 0 Å². The molecule has 0 radical (unpaired) electrons. The Morgan fingerprint density at radius 1 is 0.905 bits per heavy atom. The number of halogens is 1. The number of hydrogen-bond acceptors (Lipinski definition) is 1. The minimum Gasteiger partial charge on any atom is -0.130 e. The molecule has 0 heterocycles. The minimum atomic E-state index is 0.222. The van der Waals surface area contributed by atoms with Crippen molar-refractivity contribution in [3.8, 4) is 0 Å². The maximum Gasteiger partial charge on any atom is 0.0653 e. The van der Waals surface area contributed by atoms with Crippen molar-refractivity contribution >= 4 is 38.5 Å². The molecule has 21 heavy (non-hydrogen) atoms. The van der Waals surface area contributed by atoms with Crippen molar-refractivity contribution in [3.63, 3.8) is 0 Å². The van der Waals surface area contributed by atoms with Gasteiger partial charge in [-0.1, -0.05) is 64.5 Å². The van der Waals surface area contributed by atoms with Crippen LogP contribution in [0.15, 0.2) is 65.6 Å². The molecule has 0 aromatic heterocycles. The first-order valence-corrected chi connectivity index (χ1v) is 9.11. The van der Waals surface area contributed by atoms with Crippen LogP contribution in [0.25, 0.3) is 10.8 Å². The lowest BCUT2D eigenvalue weighted by Crippen LogP contribution is -1.97. The van der Waals surface area contributed by atoms with E-state index in [1.54, 1.807) is 11.8 Å². The largest absolute Gasteiger partial charge is 0.130 e. The first-order chi connectivity index (χ1) is 10.2. The van der Waals surface area contributed by atoms with Crippen molar-refractivity contribution < 1.29 is 0 Å². The summed E-state index contributed by atoms with van der Waals surface area (Å²) in [7, 11) is 0. The smallest absolute Gasteiger partial charge is 0.0653 e. The van der Waals surface area contributed by atoms with E-state index in [9.17, 15) is 0 Å². The zero-order valence-electron chi connectivity index (χ0n) is 12.1. The molecule has 106 valence electrons. The van der Waals surface area contributed by atoms with Crippen molar-refractivity contribution in [1.82, 2.24) is 0 Å². The molecule has 3 aromatic rings. The van der Waals surface area contributed by atoms with Gasteiger partial charge in [-0.15, -0.1) is 11.8 Å². The Morgan fingerprint density at radius 3 is 2.33 bits per heavy atom. The van der Waals surface area contributed by atoms with Gasteiger partial charge in [-0.05, 0) is 52.8 Å².